The number of hydrogen-bond donors (Lipinski definition) is 0. The number of nitro groups is 1. The maximum atomic E-state index is 11.2. The highest BCUT2D eigenvalue weighted by Gasteiger charge is 2.18. The van der Waals surface area contributed by atoms with Crippen LogP contribution < -0.4 is 14.2 Å². The van der Waals surface area contributed by atoms with Gasteiger partial charge >= 0.3 is 5.69 Å². The molecule has 1 aromatic heterocycles. The lowest BCUT2D eigenvalue weighted by Gasteiger charge is -2.06. The number of hydrogen-bond acceptors (Lipinski definition) is 8. The quantitative estimate of drug-likeness (QED) is 0.436. The number of para-hydroxylation sites is 1. The van der Waals surface area contributed by atoms with Crippen molar-refractivity contribution < 1.29 is 23.7 Å². The van der Waals surface area contributed by atoms with E-state index >= 15 is 0 Å². The summed E-state index contributed by atoms with van der Waals surface area (Å²) in [6.07, 6.45) is 0. The second-order valence-corrected chi connectivity index (χ2v) is 5.32. The lowest BCUT2D eigenvalue weighted by atomic mass is 10.2. The van der Waals surface area contributed by atoms with E-state index in [1.165, 1.54) is 19.2 Å². The number of ether oxygens (including phenoxy) is 3. The molecule has 0 bridgehead atoms. The minimum absolute atomic E-state index is 0.0790. The number of nitrogens with zero attached hydrogens (tertiary/aromatic N) is 3. The van der Waals surface area contributed by atoms with Gasteiger partial charge in [-0.2, -0.15) is 4.98 Å². The van der Waals surface area contributed by atoms with Crippen molar-refractivity contribution in [3.05, 3.63) is 58.5 Å². The molecule has 0 aliphatic rings. The average molecular weight is 371 g/mol. The van der Waals surface area contributed by atoms with Gasteiger partial charge in [0, 0.05) is 0 Å². The molecule has 3 aromatic rings. The highest BCUT2D eigenvalue weighted by Crippen LogP contribution is 2.32. The second kappa shape index (κ2) is 8.17. The molecular formula is C18H17N3O6. The zero-order valence-electron chi connectivity index (χ0n) is 14.7. The van der Waals surface area contributed by atoms with Crippen molar-refractivity contribution in [2.75, 3.05) is 13.7 Å². The molecular weight excluding hydrogens is 354 g/mol. The fourth-order valence-corrected chi connectivity index (χ4v) is 2.38. The van der Waals surface area contributed by atoms with Crippen LogP contribution in [0.15, 0.2) is 47.0 Å². The Kier molecular flexibility index (Phi) is 5.50. The normalized spacial score (nSPS) is 10.4. The summed E-state index contributed by atoms with van der Waals surface area (Å²) in [5.74, 6) is 1.61. The molecule has 1 heterocycles. The minimum atomic E-state index is -0.546. The highest BCUT2D eigenvalue weighted by molar-refractivity contribution is 5.63. The van der Waals surface area contributed by atoms with Crippen LogP contribution in [-0.2, 0) is 6.61 Å². The van der Waals surface area contributed by atoms with Crippen molar-refractivity contribution in [3.8, 4) is 28.6 Å². The van der Waals surface area contributed by atoms with Gasteiger partial charge in [-0.3, -0.25) is 10.1 Å². The summed E-state index contributed by atoms with van der Waals surface area (Å²) in [7, 11) is 1.43. The number of methoxy groups -OCH3 is 1. The third-order valence-electron chi connectivity index (χ3n) is 3.61. The first-order valence-corrected chi connectivity index (χ1v) is 8.12. The van der Waals surface area contributed by atoms with Crippen molar-refractivity contribution in [3.63, 3.8) is 0 Å². The lowest BCUT2D eigenvalue weighted by Crippen LogP contribution is -2.00. The van der Waals surface area contributed by atoms with E-state index in [1.54, 1.807) is 6.07 Å². The Balaban J connectivity index is 1.77. The Morgan fingerprint density at radius 2 is 1.96 bits per heavy atom. The van der Waals surface area contributed by atoms with Crippen LogP contribution in [0.4, 0.5) is 5.69 Å². The van der Waals surface area contributed by atoms with Gasteiger partial charge in [-0.05, 0) is 31.2 Å². The van der Waals surface area contributed by atoms with Gasteiger partial charge in [0.15, 0.2) is 12.4 Å². The topological polar surface area (TPSA) is 110 Å². The van der Waals surface area contributed by atoms with Gasteiger partial charge in [0.1, 0.15) is 11.5 Å². The van der Waals surface area contributed by atoms with E-state index in [1.807, 2.05) is 31.2 Å². The van der Waals surface area contributed by atoms with Gasteiger partial charge in [0.2, 0.25) is 5.82 Å². The maximum absolute atomic E-state index is 11.2. The molecule has 0 radical (unpaired) electrons. The summed E-state index contributed by atoms with van der Waals surface area (Å²) in [4.78, 5) is 14.9. The van der Waals surface area contributed by atoms with Gasteiger partial charge in [-0.1, -0.05) is 17.3 Å². The first-order valence-electron chi connectivity index (χ1n) is 8.12. The van der Waals surface area contributed by atoms with E-state index in [0.29, 0.717) is 29.5 Å². The Morgan fingerprint density at radius 3 is 2.70 bits per heavy atom. The highest BCUT2D eigenvalue weighted by atomic mass is 16.6. The Labute approximate surface area is 154 Å². The third kappa shape index (κ3) is 4.14. The summed E-state index contributed by atoms with van der Waals surface area (Å²) in [5, 5.41) is 15.1. The van der Waals surface area contributed by atoms with Crippen LogP contribution in [0.1, 0.15) is 12.8 Å². The molecule has 0 amide bonds. The second-order valence-electron chi connectivity index (χ2n) is 5.32. The van der Waals surface area contributed by atoms with Crippen molar-refractivity contribution in [1.82, 2.24) is 10.1 Å². The van der Waals surface area contributed by atoms with Gasteiger partial charge in [-0.25, -0.2) is 0 Å². The molecule has 9 heteroatoms. The van der Waals surface area contributed by atoms with Crippen LogP contribution in [0.2, 0.25) is 0 Å². The lowest BCUT2D eigenvalue weighted by molar-refractivity contribution is -0.386. The number of aromatic nitrogens is 2. The summed E-state index contributed by atoms with van der Waals surface area (Å²) in [5.41, 5.74) is 0.473. The van der Waals surface area contributed by atoms with Crippen LogP contribution in [0.25, 0.3) is 11.4 Å². The number of rotatable bonds is 8. The van der Waals surface area contributed by atoms with Crippen LogP contribution in [-0.4, -0.2) is 28.8 Å². The number of nitro benzene ring substituents is 1. The molecule has 0 saturated heterocycles. The smallest absolute Gasteiger partial charge is 0.314 e. The molecule has 0 unspecified atom stereocenters. The van der Waals surface area contributed by atoms with Crippen LogP contribution in [0.5, 0.6) is 17.2 Å². The van der Waals surface area contributed by atoms with E-state index < -0.39 is 4.92 Å². The first-order chi connectivity index (χ1) is 13.1. The van der Waals surface area contributed by atoms with Crippen molar-refractivity contribution >= 4 is 5.69 Å². The SMILES string of the molecule is CCOc1ccccc1-c1noc(COc2ccc(OC)cc2[N+](=O)[O-])n1. The van der Waals surface area contributed by atoms with Crippen molar-refractivity contribution in [2.24, 2.45) is 0 Å². The molecule has 0 N–H and O–H groups in total. The van der Waals surface area contributed by atoms with E-state index in [-0.39, 0.29) is 23.9 Å². The molecule has 0 aliphatic heterocycles. The Hall–Kier alpha value is -3.62. The molecule has 0 fully saturated rings. The fourth-order valence-electron chi connectivity index (χ4n) is 2.38. The molecule has 27 heavy (non-hydrogen) atoms. The number of benzene rings is 2. The Bertz CT molecular complexity index is 940. The molecule has 0 aliphatic carbocycles. The summed E-state index contributed by atoms with van der Waals surface area (Å²) < 4.78 is 21.2. The van der Waals surface area contributed by atoms with Gasteiger partial charge in [-0.15, -0.1) is 0 Å². The zero-order chi connectivity index (χ0) is 19.2. The monoisotopic (exact) mass is 371 g/mol. The van der Waals surface area contributed by atoms with Crippen molar-refractivity contribution in [1.29, 1.82) is 0 Å². The van der Waals surface area contributed by atoms with Gasteiger partial charge in [0.05, 0.1) is 30.3 Å². The molecule has 9 nitrogen and oxygen atoms in total. The van der Waals surface area contributed by atoms with E-state index in [4.69, 9.17) is 18.7 Å². The summed E-state index contributed by atoms with van der Waals surface area (Å²) in [6.45, 7) is 2.27. The largest absolute Gasteiger partial charge is 0.496 e. The van der Waals surface area contributed by atoms with E-state index in [2.05, 4.69) is 10.1 Å². The molecule has 0 spiro atoms. The third-order valence-corrected chi connectivity index (χ3v) is 3.61. The van der Waals surface area contributed by atoms with Crippen LogP contribution in [0, 0.1) is 10.1 Å². The fraction of sp³-hybridized carbons (Fsp3) is 0.222. The summed E-state index contributed by atoms with van der Waals surface area (Å²) >= 11 is 0. The zero-order valence-corrected chi connectivity index (χ0v) is 14.7. The molecule has 0 atom stereocenters. The standard InChI is InChI=1S/C18H17N3O6/c1-3-25-15-7-5-4-6-13(15)18-19-17(27-20-18)11-26-16-9-8-12(24-2)10-14(16)21(22)23/h4-10H,3,11H2,1-2H3. The van der Waals surface area contributed by atoms with Gasteiger partial charge in [0.25, 0.3) is 5.89 Å². The van der Waals surface area contributed by atoms with E-state index in [9.17, 15) is 10.1 Å². The molecule has 3 rings (SSSR count). The summed E-state index contributed by atoms with van der Waals surface area (Å²) in [6, 6.07) is 11.6. The Morgan fingerprint density at radius 1 is 1.15 bits per heavy atom. The predicted molar refractivity (Wildman–Crippen MR) is 94.9 cm³/mol. The van der Waals surface area contributed by atoms with Crippen LogP contribution in [0.3, 0.4) is 0 Å². The van der Waals surface area contributed by atoms with Crippen molar-refractivity contribution in [2.45, 2.75) is 13.5 Å². The molecule has 2 aromatic carbocycles. The molecule has 0 saturated carbocycles. The van der Waals surface area contributed by atoms with Crippen LogP contribution >= 0.6 is 0 Å². The maximum Gasteiger partial charge on any atom is 0.314 e. The predicted octanol–water partition coefficient (Wildman–Crippen LogP) is 3.63. The molecule has 140 valence electrons. The van der Waals surface area contributed by atoms with E-state index in [0.717, 1.165) is 0 Å². The minimum Gasteiger partial charge on any atom is -0.496 e. The average Bonchev–Trinajstić information content (AvgIpc) is 3.15. The van der Waals surface area contributed by atoms with Gasteiger partial charge < -0.3 is 18.7 Å². The first kappa shape index (κ1) is 18.2.